The molecule has 2 rings (SSSR count). The Hall–Kier alpha value is -2.39. The van der Waals surface area contributed by atoms with Gasteiger partial charge in [0.1, 0.15) is 17.7 Å². The Labute approximate surface area is 145 Å². The van der Waals surface area contributed by atoms with Crippen LogP contribution in [0.2, 0.25) is 0 Å². The standard InChI is InChI=1S/C16H23FN6O2/c1-12-20-21-22-23(12)15(11-13-3-5-14(17)6-4-13)16(24)19-8-7-18-9-10-25-2/h3-6,15,18H,7-11H2,1-2H3,(H,19,24). The highest BCUT2D eigenvalue weighted by atomic mass is 19.1. The Balaban J connectivity index is 1.98. The molecule has 9 heteroatoms. The summed E-state index contributed by atoms with van der Waals surface area (Å²) in [5.41, 5.74) is 0.828. The number of hydrogen-bond donors (Lipinski definition) is 2. The fraction of sp³-hybridized carbons (Fsp3) is 0.500. The van der Waals surface area contributed by atoms with Crippen LogP contribution in [0, 0.1) is 12.7 Å². The molecule has 1 amide bonds. The molecule has 2 N–H and O–H groups in total. The first kappa shape index (κ1) is 18.9. The molecule has 136 valence electrons. The minimum absolute atomic E-state index is 0.187. The number of nitrogens with zero attached hydrogens (tertiary/aromatic N) is 4. The lowest BCUT2D eigenvalue weighted by molar-refractivity contribution is -0.124. The van der Waals surface area contributed by atoms with Crippen LogP contribution in [0.25, 0.3) is 0 Å². The van der Waals surface area contributed by atoms with E-state index in [0.29, 0.717) is 31.9 Å². The fourth-order valence-electron chi connectivity index (χ4n) is 2.35. The van der Waals surface area contributed by atoms with Gasteiger partial charge in [0.25, 0.3) is 0 Å². The van der Waals surface area contributed by atoms with Crippen molar-refractivity contribution in [1.29, 1.82) is 0 Å². The van der Waals surface area contributed by atoms with Gasteiger partial charge in [-0.05, 0) is 35.0 Å². The number of nitrogens with one attached hydrogen (secondary N) is 2. The second-order valence-electron chi connectivity index (χ2n) is 5.55. The fourth-order valence-corrected chi connectivity index (χ4v) is 2.35. The van der Waals surface area contributed by atoms with Crippen molar-refractivity contribution < 1.29 is 13.9 Å². The summed E-state index contributed by atoms with van der Waals surface area (Å²) in [5, 5.41) is 17.4. The molecule has 2 aromatic rings. The molecule has 0 saturated heterocycles. The summed E-state index contributed by atoms with van der Waals surface area (Å²) in [6.07, 6.45) is 0.370. The molecule has 0 saturated carbocycles. The van der Waals surface area contributed by atoms with E-state index in [1.165, 1.54) is 16.8 Å². The van der Waals surface area contributed by atoms with Gasteiger partial charge < -0.3 is 15.4 Å². The molecular weight excluding hydrogens is 327 g/mol. The molecule has 0 fully saturated rings. The van der Waals surface area contributed by atoms with Crippen LogP contribution in [0.15, 0.2) is 24.3 Å². The summed E-state index contributed by atoms with van der Waals surface area (Å²) >= 11 is 0. The minimum Gasteiger partial charge on any atom is -0.383 e. The summed E-state index contributed by atoms with van der Waals surface area (Å²) in [5.74, 6) is 0.0410. The number of tetrazole rings is 1. The average Bonchev–Trinajstić information content (AvgIpc) is 3.03. The van der Waals surface area contributed by atoms with Crippen LogP contribution in [0.5, 0.6) is 0 Å². The molecule has 8 nitrogen and oxygen atoms in total. The van der Waals surface area contributed by atoms with E-state index in [2.05, 4.69) is 26.2 Å². The van der Waals surface area contributed by atoms with E-state index in [4.69, 9.17) is 4.74 Å². The van der Waals surface area contributed by atoms with Gasteiger partial charge in [-0.15, -0.1) is 5.10 Å². The summed E-state index contributed by atoms with van der Waals surface area (Å²) < 4.78 is 19.5. The molecular formula is C16H23FN6O2. The highest BCUT2D eigenvalue weighted by Crippen LogP contribution is 2.15. The van der Waals surface area contributed by atoms with Gasteiger partial charge in [0.15, 0.2) is 0 Å². The lowest BCUT2D eigenvalue weighted by Gasteiger charge is -2.18. The van der Waals surface area contributed by atoms with Gasteiger partial charge in [0, 0.05) is 33.2 Å². The van der Waals surface area contributed by atoms with Gasteiger partial charge >= 0.3 is 0 Å². The third-order valence-electron chi connectivity index (χ3n) is 3.68. The van der Waals surface area contributed by atoms with Crippen molar-refractivity contribution in [2.45, 2.75) is 19.4 Å². The first-order valence-electron chi connectivity index (χ1n) is 8.08. The molecule has 1 unspecified atom stereocenters. The van der Waals surface area contributed by atoms with Gasteiger partial charge in [0.05, 0.1) is 6.61 Å². The van der Waals surface area contributed by atoms with E-state index in [-0.39, 0.29) is 11.7 Å². The maximum Gasteiger partial charge on any atom is 0.245 e. The van der Waals surface area contributed by atoms with E-state index >= 15 is 0 Å². The summed E-state index contributed by atoms with van der Waals surface area (Å²) in [4.78, 5) is 12.6. The monoisotopic (exact) mass is 350 g/mol. The van der Waals surface area contributed by atoms with Gasteiger partial charge in [-0.2, -0.15) is 0 Å². The lowest BCUT2D eigenvalue weighted by atomic mass is 10.1. The smallest absolute Gasteiger partial charge is 0.245 e. The van der Waals surface area contributed by atoms with Crippen LogP contribution >= 0.6 is 0 Å². The Morgan fingerprint density at radius 2 is 2.04 bits per heavy atom. The predicted molar refractivity (Wildman–Crippen MR) is 89.5 cm³/mol. The largest absolute Gasteiger partial charge is 0.383 e. The van der Waals surface area contributed by atoms with Crippen LogP contribution in [0.3, 0.4) is 0 Å². The van der Waals surface area contributed by atoms with E-state index in [9.17, 15) is 9.18 Å². The number of hydrogen-bond acceptors (Lipinski definition) is 6. The topological polar surface area (TPSA) is 94.0 Å². The Morgan fingerprint density at radius 1 is 1.28 bits per heavy atom. The second-order valence-corrected chi connectivity index (χ2v) is 5.55. The van der Waals surface area contributed by atoms with E-state index in [1.807, 2.05) is 0 Å². The summed E-state index contributed by atoms with van der Waals surface area (Å²) in [6, 6.07) is 5.45. The first-order valence-corrected chi connectivity index (χ1v) is 8.08. The third kappa shape index (κ3) is 5.87. The van der Waals surface area contributed by atoms with Gasteiger partial charge in [-0.25, -0.2) is 9.07 Å². The van der Waals surface area contributed by atoms with Crippen molar-refractivity contribution in [3.05, 3.63) is 41.5 Å². The quantitative estimate of drug-likeness (QED) is 0.597. The van der Waals surface area contributed by atoms with E-state index in [1.54, 1.807) is 26.2 Å². The Bertz CT molecular complexity index is 661. The van der Waals surface area contributed by atoms with Crippen LogP contribution in [0.1, 0.15) is 17.4 Å². The number of methoxy groups -OCH3 is 1. The van der Waals surface area contributed by atoms with Crippen molar-refractivity contribution in [3.8, 4) is 0 Å². The molecule has 0 radical (unpaired) electrons. The maximum atomic E-state index is 13.1. The van der Waals surface area contributed by atoms with Crippen molar-refractivity contribution in [1.82, 2.24) is 30.8 Å². The van der Waals surface area contributed by atoms with Gasteiger partial charge in [0.2, 0.25) is 5.91 Å². The van der Waals surface area contributed by atoms with Gasteiger partial charge in [-0.3, -0.25) is 4.79 Å². The van der Waals surface area contributed by atoms with Crippen molar-refractivity contribution in [2.24, 2.45) is 0 Å². The molecule has 1 heterocycles. The van der Waals surface area contributed by atoms with Crippen LogP contribution in [0.4, 0.5) is 4.39 Å². The molecule has 0 bridgehead atoms. The molecule has 25 heavy (non-hydrogen) atoms. The number of carbonyl (C=O) groups is 1. The van der Waals surface area contributed by atoms with Crippen molar-refractivity contribution in [2.75, 3.05) is 33.4 Å². The molecule has 0 aliphatic rings. The van der Waals surface area contributed by atoms with Crippen molar-refractivity contribution >= 4 is 5.91 Å². The van der Waals surface area contributed by atoms with E-state index < -0.39 is 6.04 Å². The average molecular weight is 350 g/mol. The first-order chi connectivity index (χ1) is 12.1. The number of amides is 1. The van der Waals surface area contributed by atoms with Crippen LogP contribution < -0.4 is 10.6 Å². The normalized spacial score (nSPS) is 12.1. The third-order valence-corrected chi connectivity index (χ3v) is 3.68. The number of benzene rings is 1. The minimum atomic E-state index is -0.598. The Kier molecular flexibility index (Phi) is 7.42. The SMILES string of the molecule is COCCNCCNC(=O)C(Cc1ccc(F)cc1)n1nnnc1C. The van der Waals surface area contributed by atoms with Crippen molar-refractivity contribution in [3.63, 3.8) is 0 Å². The predicted octanol–water partition coefficient (Wildman–Crippen LogP) is 0.257. The van der Waals surface area contributed by atoms with E-state index in [0.717, 1.165) is 12.1 Å². The van der Waals surface area contributed by atoms with Crippen LogP contribution in [-0.2, 0) is 16.0 Å². The molecule has 0 spiro atoms. The summed E-state index contributed by atoms with van der Waals surface area (Å²) in [7, 11) is 1.64. The second kappa shape index (κ2) is 9.80. The lowest BCUT2D eigenvalue weighted by Crippen LogP contribution is -2.39. The highest BCUT2D eigenvalue weighted by molar-refractivity contribution is 5.80. The number of carbonyl (C=O) groups excluding carboxylic acids is 1. The van der Waals surface area contributed by atoms with Gasteiger partial charge in [-0.1, -0.05) is 12.1 Å². The summed E-state index contributed by atoms with van der Waals surface area (Å²) in [6.45, 7) is 4.18. The molecule has 1 aromatic carbocycles. The van der Waals surface area contributed by atoms with Crippen LogP contribution in [-0.4, -0.2) is 59.5 Å². The number of aromatic nitrogens is 4. The molecule has 1 aromatic heterocycles. The molecule has 1 atom stereocenters. The highest BCUT2D eigenvalue weighted by Gasteiger charge is 2.23. The molecule has 0 aliphatic carbocycles. The number of ether oxygens (including phenoxy) is 1. The zero-order valence-electron chi connectivity index (χ0n) is 14.4. The Morgan fingerprint density at radius 3 is 2.68 bits per heavy atom. The molecule has 0 aliphatic heterocycles. The number of halogens is 1. The number of rotatable bonds is 10. The maximum absolute atomic E-state index is 13.1. The number of aryl methyl sites for hydroxylation is 1. The zero-order valence-corrected chi connectivity index (χ0v) is 14.4. The zero-order chi connectivity index (χ0) is 18.1.